The number of rotatable bonds is 7. The van der Waals surface area contributed by atoms with Gasteiger partial charge in [0, 0.05) is 41.4 Å². The summed E-state index contributed by atoms with van der Waals surface area (Å²) in [4.78, 5) is 0. The molecule has 1 rings (SSSR count). The lowest BCUT2D eigenvalue weighted by atomic mass is 10.1. The largest absolute Gasteiger partial charge is 0.379 e. The summed E-state index contributed by atoms with van der Waals surface area (Å²) in [5.41, 5.74) is 0. The van der Waals surface area contributed by atoms with Crippen molar-refractivity contribution in [3.63, 3.8) is 0 Å². The Labute approximate surface area is 101 Å². The Balaban J connectivity index is 2.01. The molecule has 1 aliphatic rings. The Morgan fingerprint density at radius 2 is 2.44 bits per heavy atom. The van der Waals surface area contributed by atoms with E-state index >= 15 is 0 Å². The monoisotopic (exact) mass is 248 g/mol. The van der Waals surface area contributed by atoms with Gasteiger partial charge in [0.2, 0.25) is 0 Å². The van der Waals surface area contributed by atoms with Gasteiger partial charge in [-0.15, -0.1) is 0 Å². The molecule has 5 heteroatoms. The third-order valence-electron chi connectivity index (χ3n) is 2.74. The third kappa shape index (κ3) is 6.58. The second kappa shape index (κ2) is 8.17. The Morgan fingerprint density at radius 1 is 1.62 bits per heavy atom. The van der Waals surface area contributed by atoms with Gasteiger partial charge in [0.25, 0.3) is 0 Å². The van der Waals surface area contributed by atoms with Crippen molar-refractivity contribution in [2.24, 2.45) is 0 Å². The lowest BCUT2D eigenvalue weighted by Crippen LogP contribution is -2.45. The zero-order valence-corrected chi connectivity index (χ0v) is 11.1. The molecule has 0 radical (unpaired) electrons. The molecule has 0 amide bonds. The number of hydrogen-bond donors (Lipinski definition) is 2. The van der Waals surface area contributed by atoms with Crippen molar-refractivity contribution in [2.75, 3.05) is 38.3 Å². The predicted octanol–water partition coefficient (Wildman–Crippen LogP) is 0.112. The highest BCUT2D eigenvalue weighted by molar-refractivity contribution is 7.84. The van der Waals surface area contributed by atoms with Crippen LogP contribution in [0.15, 0.2) is 0 Å². The molecule has 4 nitrogen and oxygen atoms in total. The molecule has 0 saturated carbocycles. The lowest BCUT2D eigenvalue weighted by Gasteiger charge is -2.26. The molecular formula is C11H24N2O2S. The van der Waals surface area contributed by atoms with Gasteiger partial charge in [-0.3, -0.25) is 4.21 Å². The van der Waals surface area contributed by atoms with Crippen LogP contribution < -0.4 is 10.6 Å². The Bertz CT molecular complexity index is 208. The maximum absolute atomic E-state index is 10.9. The molecule has 16 heavy (non-hydrogen) atoms. The first-order chi connectivity index (χ1) is 7.68. The van der Waals surface area contributed by atoms with E-state index < -0.39 is 10.8 Å². The molecule has 1 heterocycles. The smallest absolute Gasteiger partial charge is 0.0620 e. The molecule has 3 unspecified atom stereocenters. The minimum absolute atomic E-state index is 0.483. The highest BCUT2D eigenvalue weighted by Crippen LogP contribution is 2.02. The SMILES string of the molecule is CC(CC1COCCN1)NCCCS(C)=O. The van der Waals surface area contributed by atoms with E-state index in [4.69, 9.17) is 4.74 Å². The van der Waals surface area contributed by atoms with Gasteiger partial charge in [0.1, 0.15) is 0 Å². The van der Waals surface area contributed by atoms with E-state index in [1.165, 1.54) is 0 Å². The standard InChI is InChI=1S/C11H24N2O2S/c1-10(12-4-3-7-16(2)14)8-11-9-15-6-5-13-11/h10-13H,3-9H2,1-2H3. The fraction of sp³-hybridized carbons (Fsp3) is 1.00. The van der Waals surface area contributed by atoms with Crippen LogP contribution in [0.2, 0.25) is 0 Å². The summed E-state index contributed by atoms with van der Waals surface area (Å²) in [6, 6.07) is 0.973. The van der Waals surface area contributed by atoms with E-state index in [1.807, 2.05) is 0 Å². The van der Waals surface area contributed by atoms with Gasteiger partial charge in [-0.05, 0) is 26.3 Å². The maximum Gasteiger partial charge on any atom is 0.0620 e. The first kappa shape index (κ1) is 14.1. The zero-order chi connectivity index (χ0) is 11.8. The molecule has 1 saturated heterocycles. The summed E-state index contributed by atoms with van der Waals surface area (Å²) >= 11 is 0. The van der Waals surface area contributed by atoms with Crippen LogP contribution >= 0.6 is 0 Å². The van der Waals surface area contributed by atoms with E-state index in [2.05, 4.69) is 17.6 Å². The number of ether oxygens (including phenoxy) is 1. The van der Waals surface area contributed by atoms with Gasteiger partial charge in [-0.25, -0.2) is 0 Å². The summed E-state index contributed by atoms with van der Waals surface area (Å²) in [6.45, 7) is 5.77. The van der Waals surface area contributed by atoms with E-state index in [0.29, 0.717) is 12.1 Å². The summed E-state index contributed by atoms with van der Waals surface area (Å²) in [7, 11) is -0.659. The van der Waals surface area contributed by atoms with Gasteiger partial charge in [-0.2, -0.15) is 0 Å². The maximum atomic E-state index is 10.9. The zero-order valence-electron chi connectivity index (χ0n) is 10.3. The second-order valence-electron chi connectivity index (χ2n) is 4.45. The van der Waals surface area contributed by atoms with Crippen LogP contribution in [0.4, 0.5) is 0 Å². The lowest BCUT2D eigenvalue weighted by molar-refractivity contribution is 0.0713. The minimum Gasteiger partial charge on any atom is -0.379 e. The summed E-state index contributed by atoms with van der Waals surface area (Å²) < 4.78 is 16.3. The van der Waals surface area contributed by atoms with Gasteiger partial charge in [0.05, 0.1) is 13.2 Å². The molecule has 1 aliphatic heterocycles. The van der Waals surface area contributed by atoms with Gasteiger partial charge in [-0.1, -0.05) is 0 Å². The molecule has 0 bridgehead atoms. The topological polar surface area (TPSA) is 50.4 Å². The third-order valence-corrected chi connectivity index (χ3v) is 3.60. The van der Waals surface area contributed by atoms with Crippen LogP contribution in [0.3, 0.4) is 0 Å². The fourth-order valence-electron chi connectivity index (χ4n) is 1.91. The quantitative estimate of drug-likeness (QED) is 0.628. The van der Waals surface area contributed by atoms with Crippen LogP contribution in [0.5, 0.6) is 0 Å². The van der Waals surface area contributed by atoms with Crippen molar-refractivity contribution in [1.29, 1.82) is 0 Å². The van der Waals surface area contributed by atoms with Gasteiger partial charge >= 0.3 is 0 Å². The normalized spacial score (nSPS) is 25.2. The molecule has 3 atom stereocenters. The van der Waals surface area contributed by atoms with Crippen LogP contribution in [-0.2, 0) is 15.5 Å². The number of morpholine rings is 1. The Hall–Kier alpha value is 0.0300. The predicted molar refractivity (Wildman–Crippen MR) is 68.2 cm³/mol. The number of hydrogen-bond acceptors (Lipinski definition) is 4. The molecule has 0 aromatic heterocycles. The first-order valence-corrected chi connectivity index (χ1v) is 7.75. The summed E-state index contributed by atoms with van der Waals surface area (Å²) in [6.07, 6.45) is 3.84. The Morgan fingerprint density at radius 3 is 3.06 bits per heavy atom. The molecule has 1 fully saturated rings. The fourth-order valence-corrected chi connectivity index (χ4v) is 2.46. The summed E-state index contributed by atoms with van der Waals surface area (Å²) in [5.74, 6) is 0.796. The van der Waals surface area contributed by atoms with Crippen LogP contribution in [-0.4, -0.2) is 54.6 Å². The van der Waals surface area contributed by atoms with E-state index in [1.54, 1.807) is 6.26 Å². The first-order valence-electron chi connectivity index (χ1n) is 6.03. The van der Waals surface area contributed by atoms with E-state index in [-0.39, 0.29) is 0 Å². The van der Waals surface area contributed by atoms with E-state index in [9.17, 15) is 4.21 Å². The molecule has 2 N–H and O–H groups in total. The van der Waals surface area contributed by atoms with Crippen molar-refractivity contribution < 1.29 is 8.95 Å². The van der Waals surface area contributed by atoms with Crippen LogP contribution in [0.25, 0.3) is 0 Å². The summed E-state index contributed by atoms with van der Waals surface area (Å²) in [5, 5.41) is 6.90. The molecule has 0 aromatic rings. The van der Waals surface area contributed by atoms with Gasteiger partial charge < -0.3 is 15.4 Å². The van der Waals surface area contributed by atoms with Crippen molar-refractivity contribution >= 4 is 10.8 Å². The molecule has 0 aromatic carbocycles. The van der Waals surface area contributed by atoms with Gasteiger partial charge in [0.15, 0.2) is 0 Å². The highest BCUT2D eigenvalue weighted by atomic mass is 32.2. The number of nitrogens with one attached hydrogen (secondary N) is 2. The average Bonchev–Trinajstić information content (AvgIpc) is 2.25. The molecule has 96 valence electrons. The van der Waals surface area contributed by atoms with E-state index in [0.717, 1.165) is 44.9 Å². The Kier molecular flexibility index (Phi) is 7.20. The van der Waals surface area contributed by atoms with Crippen molar-refractivity contribution in [1.82, 2.24) is 10.6 Å². The average molecular weight is 248 g/mol. The van der Waals surface area contributed by atoms with Crippen molar-refractivity contribution in [2.45, 2.75) is 31.8 Å². The molecule has 0 spiro atoms. The van der Waals surface area contributed by atoms with Crippen molar-refractivity contribution in [3.8, 4) is 0 Å². The van der Waals surface area contributed by atoms with Crippen LogP contribution in [0.1, 0.15) is 19.8 Å². The highest BCUT2D eigenvalue weighted by Gasteiger charge is 2.15. The molecule has 0 aliphatic carbocycles. The van der Waals surface area contributed by atoms with Crippen molar-refractivity contribution in [3.05, 3.63) is 0 Å². The van der Waals surface area contributed by atoms with Crippen LogP contribution in [0, 0.1) is 0 Å². The molecular weight excluding hydrogens is 224 g/mol. The minimum atomic E-state index is -0.659. The second-order valence-corrected chi connectivity index (χ2v) is 6.00.